The summed E-state index contributed by atoms with van der Waals surface area (Å²) in [6, 6.07) is 8.54. The van der Waals surface area contributed by atoms with E-state index in [1.165, 1.54) is 32.1 Å². The average molecular weight is 234 g/mol. The number of rotatable bonds is 4. The van der Waals surface area contributed by atoms with Crippen molar-refractivity contribution >= 4 is 11.4 Å². The Balaban J connectivity index is 2.15. The second-order valence-corrected chi connectivity index (χ2v) is 4.80. The van der Waals surface area contributed by atoms with Crippen molar-refractivity contribution in [3.05, 3.63) is 24.3 Å². The normalized spacial score (nSPS) is 17.0. The highest BCUT2D eigenvalue weighted by atomic mass is 16.3. The van der Waals surface area contributed by atoms with Crippen LogP contribution >= 0.6 is 0 Å². The fourth-order valence-electron chi connectivity index (χ4n) is 2.73. The van der Waals surface area contributed by atoms with Gasteiger partial charge in [0.25, 0.3) is 0 Å². The number of hydrogen-bond acceptors (Lipinski definition) is 3. The number of aliphatic hydroxyl groups excluding tert-OH is 1. The molecule has 0 radical (unpaired) electrons. The third-order valence-electron chi connectivity index (χ3n) is 3.56. The first-order chi connectivity index (χ1) is 8.31. The highest BCUT2D eigenvalue weighted by Gasteiger charge is 2.20. The summed E-state index contributed by atoms with van der Waals surface area (Å²) in [5, 5.41) is 9.23. The predicted molar refractivity (Wildman–Crippen MR) is 72.2 cm³/mol. The fraction of sp³-hybridized carbons (Fsp3) is 0.571. The molecule has 1 saturated carbocycles. The second-order valence-electron chi connectivity index (χ2n) is 4.80. The van der Waals surface area contributed by atoms with Gasteiger partial charge in [-0.25, -0.2) is 0 Å². The van der Waals surface area contributed by atoms with Gasteiger partial charge in [-0.3, -0.25) is 0 Å². The number of anilines is 2. The standard InChI is InChI=1S/C14H22N2O/c15-12-5-4-8-14(11-12)16(9-10-17)13-6-2-1-3-7-13/h4-5,8,11,13,17H,1-3,6-7,9-10,15H2. The maximum Gasteiger partial charge on any atom is 0.0606 e. The average Bonchev–Trinajstić information content (AvgIpc) is 2.37. The maximum atomic E-state index is 9.23. The molecule has 94 valence electrons. The van der Waals surface area contributed by atoms with E-state index in [2.05, 4.69) is 11.0 Å². The van der Waals surface area contributed by atoms with Gasteiger partial charge in [0.05, 0.1) is 6.61 Å². The molecule has 0 unspecified atom stereocenters. The van der Waals surface area contributed by atoms with Gasteiger partial charge in [-0.05, 0) is 31.0 Å². The van der Waals surface area contributed by atoms with Crippen LogP contribution in [0.25, 0.3) is 0 Å². The molecule has 0 heterocycles. The Morgan fingerprint density at radius 3 is 2.65 bits per heavy atom. The molecular formula is C14H22N2O. The fourth-order valence-corrected chi connectivity index (χ4v) is 2.73. The van der Waals surface area contributed by atoms with Gasteiger partial charge in [-0.15, -0.1) is 0 Å². The molecular weight excluding hydrogens is 212 g/mol. The Morgan fingerprint density at radius 1 is 1.24 bits per heavy atom. The van der Waals surface area contributed by atoms with Gasteiger partial charge in [0.2, 0.25) is 0 Å². The summed E-state index contributed by atoms with van der Waals surface area (Å²) >= 11 is 0. The number of nitrogens with two attached hydrogens (primary N) is 1. The highest BCUT2D eigenvalue weighted by molar-refractivity contribution is 5.56. The van der Waals surface area contributed by atoms with Crippen molar-refractivity contribution in [1.29, 1.82) is 0 Å². The summed E-state index contributed by atoms with van der Waals surface area (Å²) in [6.45, 7) is 0.902. The topological polar surface area (TPSA) is 49.5 Å². The SMILES string of the molecule is Nc1cccc(N(CCO)C2CCCCC2)c1. The third kappa shape index (κ3) is 3.13. The molecule has 1 fully saturated rings. The summed E-state index contributed by atoms with van der Waals surface area (Å²) < 4.78 is 0. The number of hydrogen-bond donors (Lipinski definition) is 2. The Kier molecular flexibility index (Phi) is 4.26. The summed E-state index contributed by atoms with van der Waals surface area (Å²) in [7, 11) is 0. The van der Waals surface area contributed by atoms with E-state index in [0.717, 1.165) is 11.4 Å². The van der Waals surface area contributed by atoms with Crippen LogP contribution in [0.15, 0.2) is 24.3 Å². The molecule has 2 rings (SSSR count). The molecule has 17 heavy (non-hydrogen) atoms. The minimum absolute atomic E-state index is 0.200. The van der Waals surface area contributed by atoms with Crippen LogP contribution in [-0.2, 0) is 0 Å². The van der Waals surface area contributed by atoms with Crippen LogP contribution in [0.2, 0.25) is 0 Å². The van der Waals surface area contributed by atoms with Crippen LogP contribution in [0.1, 0.15) is 32.1 Å². The van der Waals surface area contributed by atoms with Gasteiger partial charge in [-0.1, -0.05) is 25.3 Å². The minimum Gasteiger partial charge on any atom is -0.399 e. The van der Waals surface area contributed by atoms with E-state index in [0.29, 0.717) is 12.6 Å². The molecule has 3 nitrogen and oxygen atoms in total. The van der Waals surface area contributed by atoms with E-state index in [1.807, 2.05) is 18.2 Å². The van der Waals surface area contributed by atoms with Gasteiger partial charge in [0.1, 0.15) is 0 Å². The van der Waals surface area contributed by atoms with Crippen molar-refractivity contribution in [3.8, 4) is 0 Å². The number of nitrogens with zero attached hydrogens (tertiary/aromatic N) is 1. The zero-order valence-electron chi connectivity index (χ0n) is 10.3. The van der Waals surface area contributed by atoms with Gasteiger partial charge in [0.15, 0.2) is 0 Å². The Morgan fingerprint density at radius 2 is 2.00 bits per heavy atom. The van der Waals surface area contributed by atoms with Crippen LogP contribution in [0.5, 0.6) is 0 Å². The van der Waals surface area contributed by atoms with Gasteiger partial charge in [-0.2, -0.15) is 0 Å². The van der Waals surface area contributed by atoms with Crippen LogP contribution in [0, 0.1) is 0 Å². The van der Waals surface area contributed by atoms with E-state index >= 15 is 0 Å². The largest absolute Gasteiger partial charge is 0.399 e. The van der Waals surface area contributed by atoms with E-state index in [9.17, 15) is 5.11 Å². The quantitative estimate of drug-likeness (QED) is 0.786. The Bertz CT molecular complexity index is 348. The molecule has 0 saturated heterocycles. The zero-order chi connectivity index (χ0) is 12.1. The molecule has 0 spiro atoms. The highest BCUT2D eigenvalue weighted by Crippen LogP contribution is 2.27. The number of benzene rings is 1. The van der Waals surface area contributed by atoms with Crippen molar-refractivity contribution in [3.63, 3.8) is 0 Å². The van der Waals surface area contributed by atoms with E-state index in [1.54, 1.807) is 0 Å². The monoisotopic (exact) mass is 234 g/mol. The maximum absolute atomic E-state index is 9.23. The zero-order valence-corrected chi connectivity index (χ0v) is 10.3. The minimum atomic E-state index is 0.200. The molecule has 3 heteroatoms. The summed E-state index contributed by atoms with van der Waals surface area (Å²) in [4.78, 5) is 2.32. The Labute approximate surface area is 103 Å². The van der Waals surface area contributed by atoms with Crippen molar-refractivity contribution in [2.75, 3.05) is 23.8 Å². The lowest BCUT2D eigenvalue weighted by molar-refractivity contribution is 0.290. The molecule has 3 N–H and O–H groups in total. The molecule has 0 aliphatic heterocycles. The lowest BCUT2D eigenvalue weighted by atomic mass is 9.93. The summed E-state index contributed by atoms with van der Waals surface area (Å²) in [5.41, 5.74) is 7.77. The molecule has 0 bridgehead atoms. The first-order valence-corrected chi connectivity index (χ1v) is 6.54. The van der Waals surface area contributed by atoms with Crippen LogP contribution in [-0.4, -0.2) is 24.3 Å². The number of aliphatic hydroxyl groups is 1. The van der Waals surface area contributed by atoms with Gasteiger partial charge in [0, 0.05) is 24.0 Å². The summed E-state index contributed by atoms with van der Waals surface area (Å²) in [5.74, 6) is 0. The molecule has 1 aromatic carbocycles. The first-order valence-electron chi connectivity index (χ1n) is 6.54. The molecule has 0 aromatic heterocycles. The van der Waals surface area contributed by atoms with Gasteiger partial charge >= 0.3 is 0 Å². The number of nitrogen functional groups attached to an aromatic ring is 1. The van der Waals surface area contributed by atoms with Crippen LogP contribution < -0.4 is 10.6 Å². The van der Waals surface area contributed by atoms with E-state index in [4.69, 9.17) is 5.73 Å². The van der Waals surface area contributed by atoms with Crippen molar-refractivity contribution in [2.45, 2.75) is 38.1 Å². The second kappa shape index (κ2) is 5.92. The van der Waals surface area contributed by atoms with Crippen LogP contribution in [0.4, 0.5) is 11.4 Å². The van der Waals surface area contributed by atoms with Crippen molar-refractivity contribution < 1.29 is 5.11 Å². The lowest BCUT2D eigenvalue weighted by Crippen LogP contribution is -2.38. The predicted octanol–water partition coefficient (Wildman–Crippen LogP) is 2.40. The molecule has 1 aromatic rings. The van der Waals surface area contributed by atoms with Gasteiger partial charge < -0.3 is 15.7 Å². The smallest absolute Gasteiger partial charge is 0.0606 e. The molecule has 0 atom stereocenters. The molecule has 0 amide bonds. The summed E-state index contributed by atoms with van der Waals surface area (Å²) in [6.07, 6.45) is 6.41. The Hall–Kier alpha value is -1.22. The van der Waals surface area contributed by atoms with Crippen molar-refractivity contribution in [2.24, 2.45) is 0 Å². The van der Waals surface area contributed by atoms with E-state index < -0.39 is 0 Å². The lowest BCUT2D eigenvalue weighted by Gasteiger charge is -2.36. The van der Waals surface area contributed by atoms with Crippen LogP contribution in [0.3, 0.4) is 0 Å². The molecule has 1 aliphatic rings. The van der Waals surface area contributed by atoms with Crippen molar-refractivity contribution in [1.82, 2.24) is 0 Å². The first kappa shape index (κ1) is 12.2. The molecule has 1 aliphatic carbocycles. The third-order valence-corrected chi connectivity index (χ3v) is 3.56. The van der Waals surface area contributed by atoms with E-state index in [-0.39, 0.29) is 6.61 Å².